The van der Waals surface area contributed by atoms with Crippen LogP contribution in [0.15, 0.2) is 42.6 Å². The Morgan fingerprint density at radius 2 is 2.05 bits per heavy atom. The van der Waals surface area contributed by atoms with E-state index in [1.807, 2.05) is 61.6 Å². The minimum atomic E-state index is 0.274. The summed E-state index contributed by atoms with van der Waals surface area (Å²) in [5.74, 6) is 4.21. The molecule has 0 fully saturated rings. The summed E-state index contributed by atoms with van der Waals surface area (Å²) in [7, 11) is 3.93. The highest BCUT2D eigenvalue weighted by atomic mass is 16.5. The molecule has 0 spiro atoms. The Balaban J connectivity index is 2.01. The van der Waals surface area contributed by atoms with Gasteiger partial charge in [-0.05, 0) is 18.2 Å². The number of pyridine rings is 1. The van der Waals surface area contributed by atoms with Crippen LogP contribution in [0.5, 0.6) is 5.75 Å². The first-order valence-electron chi connectivity index (χ1n) is 6.72. The van der Waals surface area contributed by atoms with E-state index in [9.17, 15) is 0 Å². The summed E-state index contributed by atoms with van der Waals surface area (Å²) in [4.78, 5) is 6.33. The van der Waals surface area contributed by atoms with Gasteiger partial charge in [0, 0.05) is 26.2 Å². The molecule has 0 aliphatic heterocycles. The van der Waals surface area contributed by atoms with E-state index in [1.165, 1.54) is 0 Å². The van der Waals surface area contributed by atoms with Crippen molar-refractivity contribution in [1.82, 2.24) is 4.98 Å². The van der Waals surface area contributed by atoms with Crippen LogP contribution in [0.25, 0.3) is 0 Å². The van der Waals surface area contributed by atoms with Crippen LogP contribution >= 0.6 is 0 Å². The lowest BCUT2D eigenvalue weighted by atomic mass is 10.2. The fraction of sp³-hybridized carbons (Fsp3) is 0.235. The van der Waals surface area contributed by atoms with Gasteiger partial charge in [-0.25, -0.2) is 4.98 Å². The number of benzene rings is 1. The third-order valence-corrected chi connectivity index (χ3v) is 2.97. The minimum absolute atomic E-state index is 0.274. The summed E-state index contributed by atoms with van der Waals surface area (Å²) in [5.41, 5.74) is 2.02. The van der Waals surface area contributed by atoms with Crippen molar-refractivity contribution < 1.29 is 4.74 Å². The molecule has 0 amide bonds. The molecular weight excluding hydrogens is 262 g/mol. The van der Waals surface area contributed by atoms with Crippen molar-refractivity contribution in [1.29, 1.82) is 0 Å². The van der Waals surface area contributed by atoms with Crippen molar-refractivity contribution in [3.63, 3.8) is 0 Å². The first kappa shape index (κ1) is 14.7. The molecule has 2 rings (SSSR count). The number of hydrogen-bond donors (Lipinski definition) is 1. The standard InChI is InChI=1S/C17H19N3O/c1-4-11-21-16-8-6-5-7-14(16)12-18-15-9-10-17(19-13-15)20(2)3/h1,5-10,13,18H,11-12H2,2-3H3. The van der Waals surface area contributed by atoms with Crippen molar-refractivity contribution in [3.8, 4) is 18.1 Å². The molecule has 0 saturated heterocycles. The minimum Gasteiger partial charge on any atom is -0.481 e. The Morgan fingerprint density at radius 1 is 1.24 bits per heavy atom. The van der Waals surface area contributed by atoms with Gasteiger partial charge in [0.05, 0.1) is 11.9 Å². The topological polar surface area (TPSA) is 37.4 Å². The van der Waals surface area contributed by atoms with Crippen LogP contribution < -0.4 is 15.0 Å². The molecule has 108 valence electrons. The Kier molecular flexibility index (Phi) is 5.05. The Labute approximate surface area is 125 Å². The molecular formula is C17H19N3O. The van der Waals surface area contributed by atoms with Gasteiger partial charge in [-0.1, -0.05) is 24.1 Å². The number of terminal acetylenes is 1. The summed E-state index contributed by atoms with van der Waals surface area (Å²) in [5, 5.41) is 3.33. The molecule has 0 aliphatic rings. The number of rotatable bonds is 6. The van der Waals surface area contributed by atoms with E-state index in [-0.39, 0.29) is 6.61 Å². The Morgan fingerprint density at radius 3 is 2.71 bits per heavy atom. The molecule has 4 heteroatoms. The summed E-state index contributed by atoms with van der Waals surface area (Å²) >= 11 is 0. The average molecular weight is 281 g/mol. The van der Waals surface area contributed by atoms with Gasteiger partial charge in [-0.15, -0.1) is 6.42 Å². The molecule has 0 unspecified atom stereocenters. The van der Waals surface area contributed by atoms with Crippen molar-refractivity contribution in [2.45, 2.75) is 6.54 Å². The van der Waals surface area contributed by atoms with Crippen molar-refractivity contribution in [3.05, 3.63) is 48.2 Å². The number of hydrogen-bond acceptors (Lipinski definition) is 4. The van der Waals surface area contributed by atoms with Crippen LogP contribution in [0.1, 0.15) is 5.56 Å². The summed E-state index contributed by atoms with van der Waals surface area (Å²) in [6.07, 6.45) is 7.05. The van der Waals surface area contributed by atoms with Crippen LogP contribution in [-0.4, -0.2) is 25.7 Å². The third kappa shape index (κ3) is 4.15. The van der Waals surface area contributed by atoms with Crippen molar-refractivity contribution in [2.75, 3.05) is 30.9 Å². The Bertz CT molecular complexity index is 615. The highest BCUT2D eigenvalue weighted by Gasteiger charge is 2.03. The lowest BCUT2D eigenvalue weighted by Crippen LogP contribution is -2.10. The number of nitrogens with zero attached hydrogens (tertiary/aromatic N) is 2. The second-order valence-corrected chi connectivity index (χ2v) is 4.75. The molecule has 4 nitrogen and oxygen atoms in total. The molecule has 21 heavy (non-hydrogen) atoms. The zero-order chi connectivity index (χ0) is 15.1. The maximum atomic E-state index is 5.53. The molecule has 1 heterocycles. The zero-order valence-corrected chi connectivity index (χ0v) is 12.3. The van der Waals surface area contributed by atoms with Crippen LogP contribution in [0, 0.1) is 12.3 Å². The SMILES string of the molecule is C#CCOc1ccccc1CNc1ccc(N(C)C)nc1. The number of nitrogens with one attached hydrogen (secondary N) is 1. The lowest BCUT2D eigenvalue weighted by Gasteiger charge is -2.13. The van der Waals surface area contributed by atoms with Crippen LogP contribution in [-0.2, 0) is 6.54 Å². The highest BCUT2D eigenvalue weighted by molar-refractivity contribution is 5.49. The fourth-order valence-electron chi connectivity index (χ4n) is 1.86. The summed E-state index contributed by atoms with van der Waals surface area (Å²) in [6, 6.07) is 11.8. The van der Waals surface area contributed by atoms with E-state index in [2.05, 4.69) is 16.2 Å². The van der Waals surface area contributed by atoms with E-state index >= 15 is 0 Å². The number of anilines is 2. The molecule has 1 N–H and O–H groups in total. The molecule has 0 bridgehead atoms. The van der Waals surface area contributed by atoms with Gasteiger partial charge >= 0.3 is 0 Å². The van der Waals surface area contributed by atoms with Crippen LogP contribution in [0.3, 0.4) is 0 Å². The monoisotopic (exact) mass is 281 g/mol. The molecule has 0 aliphatic carbocycles. The maximum Gasteiger partial charge on any atom is 0.148 e. The number of aromatic nitrogens is 1. The van der Waals surface area contributed by atoms with Gasteiger partial charge in [0.25, 0.3) is 0 Å². The lowest BCUT2D eigenvalue weighted by molar-refractivity contribution is 0.366. The smallest absolute Gasteiger partial charge is 0.148 e. The zero-order valence-electron chi connectivity index (χ0n) is 12.3. The molecule has 1 aromatic heterocycles. The maximum absolute atomic E-state index is 5.53. The molecule has 2 aromatic rings. The van der Waals surface area contributed by atoms with E-state index < -0.39 is 0 Å². The normalized spacial score (nSPS) is 9.76. The quantitative estimate of drug-likeness (QED) is 0.826. The first-order chi connectivity index (χ1) is 10.2. The number of ether oxygens (including phenoxy) is 1. The second-order valence-electron chi connectivity index (χ2n) is 4.75. The largest absolute Gasteiger partial charge is 0.481 e. The Hall–Kier alpha value is -2.67. The van der Waals surface area contributed by atoms with Gasteiger partial charge in [0.15, 0.2) is 0 Å². The molecule has 1 aromatic carbocycles. The molecule has 0 atom stereocenters. The average Bonchev–Trinajstić information content (AvgIpc) is 2.52. The third-order valence-electron chi connectivity index (χ3n) is 2.97. The first-order valence-corrected chi connectivity index (χ1v) is 6.72. The molecule has 0 radical (unpaired) electrons. The van der Waals surface area contributed by atoms with E-state index in [0.29, 0.717) is 6.54 Å². The summed E-state index contributed by atoms with van der Waals surface area (Å²) < 4.78 is 5.53. The summed E-state index contributed by atoms with van der Waals surface area (Å²) in [6.45, 7) is 0.930. The fourth-order valence-corrected chi connectivity index (χ4v) is 1.86. The predicted octanol–water partition coefficient (Wildman–Crippen LogP) is 2.77. The van der Waals surface area contributed by atoms with Crippen LogP contribution in [0.4, 0.5) is 11.5 Å². The van der Waals surface area contributed by atoms with Gasteiger partial charge in [-0.3, -0.25) is 0 Å². The van der Waals surface area contributed by atoms with E-state index in [0.717, 1.165) is 22.8 Å². The van der Waals surface area contributed by atoms with E-state index in [4.69, 9.17) is 11.2 Å². The van der Waals surface area contributed by atoms with Gasteiger partial charge in [-0.2, -0.15) is 0 Å². The number of para-hydroxylation sites is 1. The highest BCUT2D eigenvalue weighted by Crippen LogP contribution is 2.20. The second kappa shape index (κ2) is 7.20. The predicted molar refractivity (Wildman–Crippen MR) is 86.7 cm³/mol. The van der Waals surface area contributed by atoms with Gasteiger partial charge < -0.3 is 15.0 Å². The van der Waals surface area contributed by atoms with Crippen molar-refractivity contribution in [2.24, 2.45) is 0 Å². The van der Waals surface area contributed by atoms with Crippen LogP contribution in [0.2, 0.25) is 0 Å². The van der Waals surface area contributed by atoms with Gasteiger partial charge in [0.1, 0.15) is 18.2 Å². The van der Waals surface area contributed by atoms with Gasteiger partial charge in [0.2, 0.25) is 0 Å². The van der Waals surface area contributed by atoms with E-state index in [1.54, 1.807) is 0 Å². The molecule has 0 saturated carbocycles. The van der Waals surface area contributed by atoms with Crippen molar-refractivity contribution >= 4 is 11.5 Å².